The lowest BCUT2D eigenvalue weighted by Crippen LogP contribution is -2.40. The molecule has 3 N–H and O–H groups in total. The summed E-state index contributed by atoms with van der Waals surface area (Å²) in [7, 11) is 3.19. The predicted molar refractivity (Wildman–Crippen MR) is 63.2 cm³/mol. The summed E-state index contributed by atoms with van der Waals surface area (Å²) in [6.45, 7) is 2.97. The number of rotatable bonds is 9. The van der Waals surface area contributed by atoms with Crippen LogP contribution in [0.4, 0.5) is 0 Å². The van der Waals surface area contributed by atoms with Gasteiger partial charge in [0.2, 0.25) is 5.91 Å². The third-order valence-electron chi connectivity index (χ3n) is 2.38. The van der Waals surface area contributed by atoms with Crippen LogP contribution in [0.3, 0.4) is 0 Å². The average molecular weight is 232 g/mol. The van der Waals surface area contributed by atoms with Crippen LogP contribution < -0.4 is 11.1 Å². The maximum absolute atomic E-state index is 11.6. The standard InChI is InChI=1S/C11H24N2O3/c1-4-5-9(8-15-2)13-11(14)6-10(7-12)16-3/h9-10H,4-8,12H2,1-3H3,(H,13,14). The topological polar surface area (TPSA) is 73.6 Å². The molecule has 0 aliphatic heterocycles. The van der Waals surface area contributed by atoms with Gasteiger partial charge < -0.3 is 20.5 Å². The van der Waals surface area contributed by atoms with Gasteiger partial charge in [-0.2, -0.15) is 0 Å². The Bertz CT molecular complexity index is 178. The Hall–Kier alpha value is -0.650. The fourth-order valence-corrected chi connectivity index (χ4v) is 1.50. The van der Waals surface area contributed by atoms with Gasteiger partial charge in [0.05, 0.1) is 25.2 Å². The second kappa shape index (κ2) is 9.57. The highest BCUT2D eigenvalue weighted by molar-refractivity contribution is 5.76. The molecule has 0 aliphatic carbocycles. The van der Waals surface area contributed by atoms with Gasteiger partial charge in [0.25, 0.3) is 0 Å². The van der Waals surface area contributed by atoms with Crippen molar-refractivity contribution in [1.29, 1.82) is 0 Å². The largest absolute Gasteiger partial charge is 0.383 e. The van der Waals surface area contributed by atoms with Gasteiger partial charge in [0, 0.05) is 20.8 Å². The lowest BCUT2D eigenvalue weighted by molar-refractivity contribution is -0.124. The van der Waals surface area contributed by atoms with E-state index in [1.165, 1.54) is 0 Å². The summed E-state index contributed by atoms with van der Waals surface area (Å²) in [4.78, 5) is 11.6. The number of nitrogens with one attached hydrogen (secondary N) is 1. The van der Waals surface area contributed by atoms with Crippen molar-refractivity contribution in [2.24, 2.45) is 5.73 Å². The molecule has 0 aromatic rings. The van der Waals surface area contributed by atoms with E-state index in [-0.39, 0.29) is 18.1 Å². The van der Waals surface area contributed by atoms with Gasteiger partial charge in [0.1, 0.15) is 0 Å². The molecule has 0 radical (unpaired) electrons. The summed E-state index contributed by atoms with van der Waals surface area (Å²) in [6.07, 6.45) is 2.03. The molecule has 5 heteroatoms. The normalized spacial score (nSPS) is 14.5. The zero-order valence-corrected chi connectivity index (χ0v) is 10.5. The first-order chi connectivity index (χ1) is 7.67. The van der Waals surface area contributed by atoms with Crippen molar-refractivity contribution in [2.45, 2.75) is 38.3 Å². The number of carbonyl (C=O) groups excluding carboxylic acids is 1. The molecule has 2 atom stereocenters. The molecular formula is C11H24N2O3. The molecule has 0 saturated carbocycles. The monoisotopic (exact) mass is 232 g/mol. The lowest BCUT2D eigenvalue weighted by Gasteiger charge is -2.19. The molecule has 0 aliphatic rings. The number of ether oxygens (including phenoxy) is 2. The summed E-state index contributed by atoms with van der Waals surface area (Å²) in [5, 5.41) is 2.92. The van der Waals surface area contributed by atoms with Crippen LogP contribution >= 0.6 is 0 Å². The van der Waals surface area contributed by atoms with Gasteiger partial charge in [-0.15, -0.1) is 0 Å². The minimum Gasteiger partial charge on any atom is -0.383 e. The highest BCUT2D eigenvalue weighted by atomic mass is 16.5. The molecule has 0 aromatic heterocycles. The molecule has 5 nitrogen and oxygen atoms in total. The van der Waals surface area contributed by atoms with Crippen LogP contribution in [0.5, 0.6) is 0 Å². The SMILES string of the molecule is CCCC(COC)NC(=O)CC(CN)OC. The zero-order valence-electron chi connectivity index (χ0n) is 10.5. The molecule has 0 aromatic carbocycles. The predicted octanol–water partition coefficient (Wildman–Crippen LogP) is 0.282. The first kappa shape index (κ1) is 15.3. The van der Waals surface area contributed by atoms with Crippen molar-refractivity contribution in [2.75, 3.05) is 27.4 Å². The maximum atomic E-state index is 11.6. The molecule has 0 spiro atoms. The first-order valence-electron chi connectivity index (χ1n) is 5.69. The van der Waals surface area contributed by atoms with Crippen LogP contribution in [0.2, 0.25) is 0 Å². The Morgan fingerprint density at radius 3 is 2.56 bits per heavy atom. The first-order valence-corrected chi connectivity index (χ1v) is 5.69. The molecule has 0 heterocycles. The molecule has 0 fully saturated rings. The van der Waals surface area contributed by atoms with E-state index in [2.05, 4.69) is 12.2 Å². The van der Waals surface area contributed by atoms with Gasteiger partial charge in [0.15, 0.2) is 0 Å². The van der Waals surface area contributed by atoms with E-state index in [1.807, 2.05) is 0 Å². The Balaban J connectivity index is 3.97. The smallest absolute Gasteiger partial charge is 0.222 e. The van der Waals surface area contributed by atoms with Crippen LogP contribution in [0.15, 0.2) is 0 Å². The zero-order chi connectivity index (χ0) is 12.4. The van der Waals surface area contributed by atoms with Gasteiger partial charge in [-0.3, -0.25) is 4.79 Å². The van der Waals surface area contributed by atoms with Gasteiger partial charge in [-0.25, -0.2) is 0 Å². The average Bonchev–Trinajstić information content (AvgIpc) is 2.26. The van der Waals surface area contributed by atoms with Gasteiger partial charge in [-0.1, -0.05) is 13.3 Å². The Kier molecular flexibility index (Phi) is 9.18. The molecule has 0 rings (SSSR count). The van der Waals surface area contributed by atoms with Crippen molar-refractivity contribution >= 4 is 5.91 Å². The number of hydrogen-bond acceptors (Lipinski definition) is 4. The summed E-state index contributed by atoms with van der Waals surface area (Å²) >= 11 is 0. The Labute approximate surface area is 97.7 Å². The summed E-state index contributed by atoms with van der Waals surface area (Å²) < 4.78 is 10.1. The van der Waals surface area contributed by atoms with E-state index in [1.54, 1.807) is 14.2 Å². The number of carbonyl (C=O) groups is 1. The second-order valence-corrected chi connectivity index (χ2v) is 3.81. The van der Waals surface area contributed by atoms with Crippen LogP contribution in [0.25, 0.3) is 0 Å². The number of amides is 1. The quantitative estimate of drug-likeness (QED) is 0.599. The second-order valence-electron chi connectivity index (χ2n) is 3.81. The molecule has 0 bridgehead atoms. The van der Waals surface area contributed by atoms with Crippen LogP contribution in [-0.4, -0.2) is 45.4 Å². The Morgan fingerprint density at radius 1 is 1.44 bits per heavy atom. The van der Waals surface area contributed by atoms with Crippen molar-refractivity contribution in [3.63, 3.8) is 0 Å². The minimum atomic E-state index is -0.204. The maximum Gasteiger partial charge on any atom is 0.222 e. The van der Waals surface area contributed by atoms with E-state index in [0.717, 1.165) is 12.8 Å². The summed E-state index contributed by atoms with van der Waals surface area (Å²) in [5.74, 6) is -0.0344. The highest BCUT2D eigenvalue weighted by Gasteiger charge is 2.15. The van der Waals surface area contributed by atoms with E-state index in [0.29, 0.717) is 19.6 Å². The van der Waals surface area contributed by atoms with Crippen LogP contribution in [0.1, 0.15) is 26.2 Å². The Morgan fingerprint density at radius 2 is 2.12 bits per heavy atom. The van der Waals surface area contributed by atoms with Crippen LogP contribution in [-0.2, 0) is 14.3 Å². The third-order valence-corrected chi connectivity index (χ3v) is 2.38. The van der Waals surface area contributed by atoms with Crippen molar-refractivity contribution < 1.29 is 14.3 Å². The number of hydrogen-bond donors (Lipinski definition) is 2. The van der Waals surface area contributed by atoms with Gasteiger partial charge in [-0.05, 0) is 6.42 Å². The van der Waals surface area contributed by atoms with E-state index >= 15 is 0 Å². The molecule has 16 heavy (non-hydrogen) atoms. The molecular weight excluding hydrogens is 208 g/mol. The molecule has 96 valence electrons. The summed E-state index contributed by atoms with van der Waals surface area (Å²) in [5.41, 5.74) is 5.45. The molecule has 1 amide bonds. The van der Waals surface area contributed by atoms with Crippen molar-refractivity contribution in [3.8, 4) is 0 Å². The van der Waals surface area contributed by atoms with Crippen molar-refractivity contribution in [3.05, 3.63) is 0 Å². The van der Waals surface area contributed by atoms with Crippen molar-refractivity contribution in [1.82, 2.24) is 5.32 Å². The number of methoxy groups -OCH3 is 2. The molecule has 0 saturated heterocycles. The van der Waals surface area contributed by atoms with E-state index in [4.69, 9.17) is 15.2 Å². The minimum absolute atomic E-state index is 0.0344. The van der Waals surface area contributed by atoms with Gasteiger partial charge >= 0.3 is 0 Å². The fourth-order valence-electron chi connectivity index (χ4n) is 1.50. The van der Waals surface area contributed by atoms with E-state index in [9.17, 15) is 4.79 Å². The van der Waals surface area contributed by atoms with Crippen LogP contribution in [0, 0.1) is 0 Å². The lowest BCUT2D eigenvalue weighted by atomic mass is 10.1. The third kappa shape index (κ3) is 6.76. The highest BCUT2D eigenvalue weighted by Crippen LogP contribution is 2.00. The van der Waals surface area contributed by atoms with E-state index < -0.39 is 0 Å². The number of nitrogens with two attached hydrogens (primary N) is 1. The molecule has 2 unspecified atom stereocenters. The fraction of sp³-hybridized carbons (Fsp3) is 0.909. The summed E-state index contributed by atoms with van der Waals surface area (Å²) in [6, 6.07) is 0.0813.